The van der Waals surface area contributed by atoms with E-state index in [9.17, 15) is 14.4 Å². The van der Waals surface area contributed by atoms with E-state index in [-0.39, 0.29) is 29.8 Å². The number of ketones is 3. The van der Waals surface area contributed by atoms with E-state index in [4.69, 9.17) is 0 Å². The summed E-state index contributed by atoms with van der Waals surface area (Å²) in [5, 5.41) is 0. The molecule has 0 N–H and O–H groups in total. The maximum absolute atomic E-state index is 13.4. The van der Waals surface area contributed by atoms with E-state index in [2.05, 4.69) is 39.8 Å². The van der Waals surface area contributed by atoms with Crippen molar-refractivity contribution in [2.45, 2.75) is 125 Å². The van der Waals surface area contributed by atoms with Crippen LogP contribution < -0.4 is 0 Å². The second kappa shape index (κ2) is 13.7. The van der Waals surface area contributed by atoms with Crippen LogP contribution in [0.2, 0.25) is 0 Å². The standard InChI is InChI=1S/C33H50O3/c1-6-9-24-11-13-25(14-12-24)18-27-15-16-29-20-26(21-32(36)33(29)23(27)5)19-28(10-7-2)30(8-3)31(35)17-22(4)34/h15-16,24-26,28,30H,6-14,17-21H2,1-5H3. The van der Waals surface area contributed by atoms with Gasteiger partial charge < -0.3 is 0 Å². The molecule has 1 aromatic carbocycles. The Morgan fingerprint density at radius 2 is 1.64 bits per heavy atom. The van der Waals surface area contributed by atoms with Crippen LogP contribution in [-0.2, 0) is 22.4 Å². The molecule has 1 saturated carbocycles. The first-order valence-corrected chi connectivity index (χ1v) is 14.9. The minimum Gasteiger partial charge on any atom is -0.300 e. The summed E-state index contributed by atoms with van der Waals surface area (Å²) in [7, 11) is 0. The van der Waals surface area contributed by atoms with E-state index in [1.165, 1.54) is 62.1 Å². The number of carbonyl (C=O) groups is 3. The molecular formula is C33H50O3. The van der Waals surface area contributed by atoms with E-state index >= 15 is 0 Å². The average Bonchev–Trinajstić information content (AvgIpc) is 2.82. The van der Waals surface area contributed by atoms with Crippen molar-refractivity contribution in [1.82, 2.24) is 0 Å². The highest BCUT2D eigenvalue weighted by Gasteiger charge is 2.33. The van der Waals surface area contributed by atoms with Crippen molar-refractivity contribution in [1.29, 1.82) is 0 Å². The molecule has 0 bridgehead atoms. The van der Waals surface area contributed by atoms with E-state index in [0.717, 1.165) is 55.9 Å². The SMILES string of the molecule is CCCC1CCC(Cc2ccc3c(c2C)C(=O)CC(CC(CCC)C(CC)C(=O)CC(C)=O)C3)CC1. The summed E-state index contributed by atoms with van der Waals surface area (Å²) in [5.41, 5.74) is 4.81. The van der Waals surface area contributed by atoms with Gasteiger partial charge in [0.15, 0.2) is 5.78 Å². The van der Waals surface area contributed by atoms with Gasteiger partial charge in [0.2, 0.25) is 0 Å². The molecule has 3 heteroatoms. The van der Waals surface area contributed by atoms with Gasteiger partial charge >= 0.3 is 0 Å². The quantitative estimate of drug-likeness (QED) is 0.259. The number of rotatable bonds is 13. The highest BCUT2D eigenvalue weighted by Crippen LogP contribution is 2.38. The highest BCUT2D eigenvalue weighted by molar-refractivity contribution is 6.00. The summed E-state index contributed by atoms with van der Waals surface area (Å²) in [4.78, 5) is 37.8. The maximum atomic E-state index is 13.4. The number of benzene rings is 1. The fourth-order valence-electron chi connectivity index (χ4n) is 7.43. The minimum absolute atomic E-state index is 0.0456. The molecule has 3 unspecified atom stereocenters. The van der Waals surface area contributed by atoms with Crippen molar-refractivity contribution in [2.24, 2.45) is 29.6 Å². The molecule has 2 aliphatic carbocycles. The van der Waals surface area contributed by atoms with Gasteiger partial charge in [-0.2, -0.15) is 0 Å². The van der Waals surface area contributed by atoms with Crippen molar-refractivity contribution in [3.8, 4) is 0 Å². The zero-order valence-electron chi connectivity index (χ0n) is 23.7. The lowest BCUT2D eigenvalue weighted by Crippen LogP contribution is -2.30. The number of Topliss-reactive ketones (excluding diaryl/α,β-unsaturated/α-hetero) is 3. The molecule has 200 valence electrons. The summed E-state index contributed by atoms with van der Waals surface area (Å²) >= 11 is 0. The van der Waals surface area contributed by atoms with Crippen LogP contribution in [0.1, 0.15) is 132 Å². The number of fused-ring (bicyclic) bond motifs is 1. The van der Waals surface area contributed by atoms with Gasteiger partial charge in [0.05, 0.1) is 6.42 Å². The van der Waals surface area contributed by atoms with Gasteiger partial charge in [-0.15, -0.1) is 0 Å². The molecular weight excluding hydrogens is 444 g/mol. The fourth-order valence-corrected chi connectivity index (χ4v) is 7.43. The normalized spacial score (nSPS) is 23.7. The van der Waals surface area contributed by atoms with Crippen LogP contribution in [0.25, 0.3) is 0 Å². The monoisotopic (exact) mass is 494 g/mol. The second-order valence-electron chi connectivity index (χ2n) is 12.1. The summed E-state index contributed by atoms with van der Waals surface area (Å²) in [6, 6.07) is 4.54. The summed E-state index contributed by atoms with van der Waals surface area (Å²) in [6.45, 7) is 10.2. The van der Waals surface area contributed by atoms with Crippen LogP contribution in [-0.4, -0.2) is 17.3 Å². The smallest absolute Gasteiger partial charge is 0.163 e. The molecule has 0 spiro atoms. The van der Waals surface area contributed by atoms with Crippen molar-refractivity contribution in [2.75, 3.05) is 0 Å². The first kappa shape index (κ1) is 28.8. The molecule has 3 nitrogen and oxygen atoms in total. The van der Waals surface area contributed by atoms with Gasteiger partial charge in [0, 0.05) is 17.9 Å². The van der Waals surface area contributed by atoms with Crippen LogP contribution >= 0.6 is 0 Å². The lowest BCUT2D eigenvalue weighted by Gasteiger charge is -2.32. The van der Waals surface area contributed by atoms with Gasteiger partial charge in [-0.3, -0.25) is 14.4 Å². The van der Waals surface area contributed by atoms with Gasteiger partial charge in [-0.25, -0.2) is 0 Å². The molecule has 0 aliphatic heterocycles. The van der Waals surface area contributed by atoms with Crippen LogP contribution in [0.3, 0.4) is 0 Å². The van der Waals surface area contributed by atoms with Gasteiger partial charge in [-0.1, -0.05) is 71.4 Å². The molecule has 3 atom stereocenters. The third-order valence-electron chi connectivity index (χ3n) is 9.24. The Labute approximate surface area is 220 Å². The van der Waals surface area contributed by atoms with Crippen LogP contribution in [0, 0.1) is 36.5 Å². The van der Waals surface area contributed by atoms with Crippen LogP contribution in [0.15, 0.2) is 12.1 Å². The number of hydrogen-bond donors (Lipinski definition) is 0. The molecule has 36 heavy (non-hydrogen) atoms. The third-order valence-corrected chi connectivity index (χ3v) is 9.24. The lowest BCUT2D eigenvalue weighted by atomic mass is 9.71. The maximum Gasteiger partial charge on any atom is 0.163 e. The van der Waals surface area contributed by atoms with Crippen molar-refractivity contribution >= 4 is 17.3 Å². The Morgan fingerprint density at radius 1 is 0.944 bits per heavy atom. The molecule has 1 fully saturated rings. The first-order valence-electron chi connectivity index (χ1n) is 14.9. The summed E-state index contributed by atoms with van der Waals surface area (Å²) < 4.78 is 0. The van der Waals surface area contributed by atoms with E-state index in [1.807, 2.05) is 0 Å². The molecule has 2 aliphatic rings. The predicted octanol–water partition coefficient (Wildman–Crippen LogP) is 8.27. The highest BCUT2D eigenvalue weighted by atomic mass is 16.1. The van der Waals surface area contributed by atoms with E-state index in [1.54, 1.807) is 0 Å². The Bertz CT molecular complexity index is 906. The summed E-state index contributed by atoms with van der Waals surface area (Å²) in [6.07, 6.45) is 14.5. The Kier molecular flexibility index (Phi) is 10.9. The molecule has 3 rings (SSSR count). The number of hydrogen-bond acceptors (Lipinski definition) is 3. The fraction of sp³-hybridized carbons (Fsp3) is 0.727. The predicted molar refractivity (Wildman–Crippen MR) is 148 cm³/mol. The van der Waals surface area contributed by atoms with Gasteiger partial charge in [-0.05, 0) is 92.7 Å². The minimum atomic E-state index is -0.0677. The van der Waals surface area contributed by atoms with Crippen LogP contribution in [0.4, 0.5) is 0 Å². The third kappa shape index (κ3) is 7.39. The Balaban J connectivity index is 1.68. The Morgan fingerprint density at radius 3 is 2.25 bits per heavy atom. The molecule has 0 saturated heterocycles. The topological polar surface area (TPSA) is 51.2 Å². The molecule has 0 heterocycles. The zero-order chi connectivity index (χ0) is 26.2. The van der Waals surface area contributed by atoms with E-state index in [0.29, 0.717) is 18.1 Å². The largest absolute Gasteiger partial charge is 0.300 e. The molecule has 1 aromatic rings. The van der Waals surface area contributed by atoms with Crippen molar-refractivity contribution < 1.29 is 14.4 Å². The van der Waals surface area contributed by atoms with Gasteiger partial charge in [0.1, 0.15) is 11.6 Å². The second-order valence-corrected chi connectivity index (χ2v) is 12.1. The number of carbonyl (C=O) groups excluding carboxylic acids is 3. The van der Waals surface area contributed by atoms with Crippen LogP contribution in [0.5, 0.6) is 0 Å². The zero-order valence-corrected chi connectivity index (χ0v) is 23.7. The summed E-state index contributed by atoms with van der Waals surface area (Å²) in [5.74, 6) is 2.51. The Hall–Kier alpha value is -1.77. The first-order chi connectivity index (χ1) is 17.3. The average molecular weight is 495 g/mol. The lowest BCUT2D eigenvalue weighted by molar-refractivity contribution is -0.129. The molecule has 0 aromatic heterocycles. The van der Waals surface area contributed by atoms with E-state index < -0.39 is 0 Å². The van der Waals surface area contributed by atoms with Crippen molar-refractivity contribution in [3.05, 3.63) is 34.4 Å². The molecule has 0 radical (unpaired) electrons. The van der Waals surface area contributed by atoms with Gasteiger partial charge in [0.25, 0.3) is 0 Å². The van der Waals surface area contributed by atoms with Crippen molar-refractivity contribution in [3.63, 3.8) is 0 Å². The molecule has 0 amide bonds.